The SMILES string of the molecule is CCO[C@H](C(=O)N1CCn2c(C)nnc2C1)c1ccccc1. The second-order valence-corrected chi connectivity index (χ2v) is 5.32. The molecule has 2 heterocycles. The van der Waals surface area contributed by atoms with E-state index < -0.39 is 6.10 Å². The molecule has 0 aliphatic carbocycles. The summed E-state index contributed by atoms with van der Waals surface area (Å²) in [5.41, 5.74) is 0.887. The van der Waals surface area contributed by atoms with Crippen LogP contribution in [0.2, 0.25) is 0 Å². The maximum atomic E-state index is 12.8. The molecule has 1 aromatic carbocycles. The van der Waals surface area contributed by atoms with Gasteiger partial charge in [0.25, 0.3) is 5.91 Å². The standard InChI is InChI=1S/C16H20N4O2/c1-3-22-15(13-7-5-4-6-8-13)16(21)19-9-10-20-12(2)17-18-14(20)11-19/h4-8,15H,3,9-11H2,1-2H3/t15-/m0/s1. The van der Waals surface area contributed by atoms with Crippen LogP contribution in [-0.2, 0) is 22.6 Å². The third-order valence-corrected chi connectivity index (χ3v) is 3.91. The van der Waals surface area contributed by atoms with Crippen molar-refractivity contribution in [3.8, 4) is 0 Å². The molecule has 1 atom stereocenters. The normalized spacial score (nSPS) is 15.5. The second-order valence-electron chi connectivity index (χ2n) is 5.32. The topological polar surface area (TPSA) is 60.2 Å². The Bertz CT molecular complexity index is 653. The molecule has 0 fully saturated rings. The predicted molar refractivity (Wildman–Crippen MR) is 81.0 cm³/mol. The van der Waals surface area contributed by atoms with Gasteiger partial charge < -0.3 is 14.2 Å². The monoisotopic (exact) mass is 300 g/mol. The molecule has 0 saturated heterocycles. The van der Waals surface area contributed by atoms with E-state index in [0.717, 1.165) is 23.8 Å². The van der Waals surface area contributed by atoms with E-state index in [0.29, 0.717) is 19.7 Å². The Morgan fingerprint density at radius 2 is 2.05 bits per heavy atom. The zero-order valence-corrected chi connectivity index (χ0v) is 12.9. The van der Waals surface area contributed by atoms with Gasteiger partial charge >= 0.3 is 0 Å². The van der Waals surface area contributed by atoms with E-state index in [1.807, 2.05) is 44.2 Å². The first-order chi connectivity index (χ1) is 10.7. The summed E-state index contributed by atoms with van der Waals surface area (Å²) in [5.74, 6) is 1.71. The van der Waals surface area contributed by atoms with Gasteiger partial charge in [0.1, 0.15) is 5.82 Å². The molecule has 116 valence electrons. The van der Waals surface area contributed by atoms with E-state index in [2.05, 4.69) is 14.8 Å². The Morgan fingerprint density at radius 1 is 1.27 bits per heavy atom. The van der Waals surface area contributed by atoms with Gasteiger partial charge in [0.15, 0.2) is 11.9 Å². The van der Waals surface area contributed by atoms with E-state index in [1.54, 1.807) is 4.90 Å². The third kappa shape index (κ3) is 2.74. The lowest BCUT2D eigenvalue weighted by Gasteiger charge is -2.30. The number of benzene rings is 1. The molecular formula is C16H20N4O2. The first-order valence-corrected chi connectivity index (χ1v) is 7.54. The maximum absolute atomic E-state index is 12.8. The molecular weight excluding hydrogens is 280 g/mol. The molecule has 6 nitrogen and oxygen atoms in total. The lowest BCUT2D eigenvalue weighted by Crippen LogP contribution is -2.41. The highest BCUT2D eigenvalue weighted by Crippen LogP contribution is 2.22. The van der Waals surface area contributed by atoms with Crippen LogP contribution in [0.1, 0.15) is 30.2 Å². The molecule has 0 radical (unpaired) electrons. The molecule has 1 aliphatic rings. The Morgan fingerprint density at radius 3 is 2.77 bits per heavy atom. The number of aromatic nitrogens is 3. The number of carbonyl (C=O) groups is 1. The van der Waals surface area contributed by atoms with Gasteiger partial charge in [-0.25, -0.2) is 0 Å². The minimum Gasteiger partial charge on any atom is -0.364 e. The van der Waals surface area contributed by atoms with Crippen molar-refractivity contribution in [2.24, 2.45) is 0 Å². The number of carbonyl (C=O) groups excluding carboxylic acids is 1. The molecule has 0 saturated carbocycles. The number of aryl methyl sites for hydroxylation is 1. The van der Waals surface area contributed by atoms with Crippen LogP contribution in [0.5, 0.6) is 0 Å². The Kier molecular flexibility index (Phi) is 4.20. The fraction of sp³-hybridized carbons (Fsp3) is 0.438. The van der Waals surface area contributed by atoms with Gasteiger partial charge in [0.05, 0.1) is 6.54 Å². The summed E-state index contributed by atoms with van der Waals surface area (Å²) in [6, 6.07) is 9.63. The van der Waals surface area contributed by atoms with Crippen LogP contribution in [0, 0.1) is 6.92 Å². The van der Waals surface area contributed by atoms with Crippen LogP contribution < -0.4 is 0 Å². The van der Waals surface area contributed by atoms with Crippen molar-refractivity contribution < 1.29 is 9.53 Å². The van der Waals surface area contributed by atoms with E-state index in [-0.39, 0.29) is 5.91 Å². The maximum Gasteiger partial charge on any atom is 0.256 e. The van der Waals surface area contributed by atoms with Gasteiger partial charge in [-0.3, -0.25) is 4.79 Å². The summed E-state index contributed by atoms with van der Waals surface area (Å²) in [6.45, 7) is 6.19. The highest BCUT2D eigenvalue weighted by molar-refractivity contribution is 5.82. The zero-order chi connectivity index (χ0) is 15.5. The fourth-order valence-electron chi connectivity index (χ4n) is 2.76. The summed E-state index contributed by atoms with van der Waals surface area (Å²) in [6.07, 6.45) is -0.554. The molecule has 1 amide bonds. The highest BCUT2D eigenvalue weighted by atomic mass is 16.5. The van der Waals surface area contributed by atoms with Crippen LogP contribution in [0.15, 0.2) is 30.3 Å². The Balaban J connectivity index is 1.80. The smallest absolute Gasteiger partial charge is 0.256 e. The molecule has 3 rings (SSSR count). The van der Waals surface area contributed by atoms with E-state index in [1.165, 1.54) is 0 Å². The first-order valence-electron chi connectivity index (χ1n) is 7.54. The molecule has 1 aliphatic heterocycles. The molecule has 0 N–H and O–H groups in total. The molecule has 1 aromatic heterocycles. The molecule has 0 bridgehead atoms. The van der Waals surface area contributed by atoms with Crippen molar-refractivity contribution in [3.05, 3.63) is 47.5 Å². The second kappa shape index (κ2) is 6.27. The number of hydrogen-bond acceptors (Lipinski definition) is 4. The number of ether oxygens (including phenoxy) is 1. The number of hydrogen-bond donors (Lipinski definition) is 0. The van der Waals surface area contributed by atoms with Gasteiger partial charge in [-0.2, -0.15) is 0 Å². The Labute approximate surface area is 129 Å². The van der Waals surface area contributed by atoms with Crippen LogP contribution >= 0.6 is 0 Å². The van der Waals surface area contributed by atoms with Crippen LogP contribution in [0.3, 0.4) is 0 Å². The summed E-state index contributed by atoms with van der Waals surface area (Å²) in [4.78, 5) is 14.7. The lowest BCUT2D eigenvalue weighted by molar-refractivity contribution is -0.145. The van der Waals surface area contributed by atoms with Crippen molar-refractivity contribution >= 4 is 5.91 Å². The fourth-order valence-corrected chi connectivity index (χ4v) is 2.76. The van der Waals surface area contributed by atoms with Gasteiger partial charge in [-0.15, -0.1) is 10.2 Å². The van der Waals surface area contributed by atoms with Crippen LogP contribution in [0.4, 0.5) is 0 Å². The molecule has 0 unspecified atom stereocenters. The number of rotatable bonds is 4. The van der Waals surface area contributed by atoms with E-state index in [4.69, 9.17) is 4.74 Å². The quantitative estimate of drug-likeness (QED) is 0.862. The average molecular weight is 300 g/mol. The molecule has 22 heavy (non-hydrogen) atoms. The predicted octanol–water partition coefficient (Wildman–Crippen LogP) is 1.71. The number of fused-ring (bicyclic) bond motifs is 1. The molecule has 2 aromatic rings. The molecule has 6 heteroatoms. The number of amides is 1. The lowest BCUT2D eigenvalue weighted by atomic mass is 10.1. The molecule has 0 spiro atoms. The minimum atomic E-state index is -0.554. The number of nitrogens with zero attached hydrogens (tertiary/aromatic N) is 4. The van der Waals surface area contributed by atoms with Crippen molar-refractivity contribution in [3.63, 3.8) is 0 Å². The summed E-state index contributed by atoms with van der Waals surface area (Å²) < 4.78 is 7.76. The Hall–Kier alpha value is -2.21. The van der Waals surface area contributed by atoms with Gasteiger partial charge in [0.2, 0.25) is 0 Å². The van der Waals surface area contributed by atoms with Gasteiger partial charge in [0, 0.05) is 19.7 Å². The van der Waals surface area contributed by atoms with Gasteiger partial charge in [-0.1, -0.05) is 30.3 Å². The minimum absolute atomic E-state index is 0.0139. The first kappa shape index (κ1) is 14.7. The van der Waals surface area contributed by atoms with Crippen LogP contribution in [-0.4, -0.2) is 38.7 Å². The van der Waals surface area contributed by atoms with Gasteiger partial charge in [-0.05, 0) is 19.4 Å². The highest BCUT2D eigenvalue weighted by Gasteiger charge is 2.30. The van der Waals surface area contributed by atoms with Crippen molar-refractivity contribution in [1.29, 1.82) is 0 Å². The van der Waals surface area contributed by atoms with Crippen molar-refractivity contribution in [1.82, 2.24) is 19.7 Å². The van der Waals surface area contributed by atoms with Crippen molar-refractivity contribution in [2.45, 2.75) is 33.0 Å². The zero-order valence-electron chi connectivity index (χ0n) is 12.9. The summed E-state index contributed by atoms with van der Waals surface area (Å²) >= 11 is 0. The summed E-state index contributed by atoms with van der Waals surface area (Å²) in [7, 11) is 0. The van der Waals surface area contributed by atoms with E-state index >= 15 is 0 Å². The average Bonchev–Trinajstić information content (AvgIpc) is 2.93. The largest absolute Gasteiger partial charge is 0.364 e. The van der Waals surface area contributed by atoms with Crippen molar-refractivity contribution in [2.75, 3.05) is 13.2 Å². The van der Waals surface area contributed by atoms with E-state index in [9.17, 15) is 4.79 Å². The third-order valence-electron chi connectivity index (χ3n) is 3.91. The van der Waals surface area contributed by atoms with Crippen LogP contribution in [0.25, 0.3) is 0 Å². The summed E-state index contributed by atoms with van der Waals surface area (Å²) in [5, 5.41) is 8.22.